The molecule has 0 aliphatic rings. The minimum Gasteiger partial charge on any atom is -0.467 e. The number of hydrogen-bond acceptors (Lipinski definition) is 4. The molecule has 18 heavy (non-hydrogen) atoms. The van der Waals surface area contributed by atoms with Crippen molar-refractivity contribution in [3.05, 3.63) is 42.9 Å². The van der Waals surface area contributed by atoms with Crippen LogP contribution in [0.4, 0.5) is 4.79 Å². The van der Waals surface area contributed by atoms with E-state index in [9.17, 15) is 4.79 Å². The minimum atomic E-state index is -0.223. The van der Waals surface area contributed by atoms with Crippen LogP contribution < -0.4 is 0 Å². The van der Waals surface area contributed by atoms with Gasteiger partial charge in [-0.1, -0.05) is 0 Å². The SMILES string of the molecule is N#CCCN(Cc1ccco1)C(=O)n1ccnc1. The molecule has 2 aromatic heterocycles. The molecule has 0 N–H and O–H groups in total. The second-order valence-corrected chi connectivity index (χ2v) is 3.66. The molecule has 0 radical (unpaired) electrons. The zero-order valence-electron chi connectivity index (χ0n) is 9.69. The van der Waals surface area contributed by atoms with Gasteiger partial charge in [0.25, 0.3) is 0 Å². The monoisotopic (exact) mass is 244 g/mol. The Morgan fingerprint density at radius 3 is 3.11 bits per heavy atom. The summed E-state index contributed by atoms with van der Waals surface area (Å²) < 4.78 is 6.59. The maximum absolute atomic E-state index is 12.1. The largest absolute Gasteiger partial charge is 0.467 e. The van der Waals surface area contributed by atoms with Gasteiger partial charge in [0.15, 0.2) is 0 Å². The molecule has 1 amide bonds. The van der Waals surface area contributed by atoms with E-state index < -0.39 is 0 Å². The van der Waals surface area contributed by atoms with Crippen molar-refractivity contribution in [2.75, 3.05) is 6.54 Å². The summed E-state index contributed by atoms with van der Waals surface area (Å²) >= 11 is 0. The van der Waals surface area contributed by atoms with Crippen LogP contribution in [0, 0.1) is 11.3 Å². The fraction of sp³-hybridized carbons (Fsp3) is 0.250. The Bertz CT molecular complexity index is 525. The number of hydrogen-bond donors (Lipinski definition) is 0. The van der Waals surface area contributed by atoms with Crippen molar-refractivity contribution in [2.24, 2.45) is 0 Å². The third kappa shape index (κ3) is 2.77. The molecule has 0 atom stereocenters. The van der Waals surface area contributed by atoms with Crippen LogP contribution in [-0.2, 0) is 6.54 Å². The lowest BCUT2D eigenvalue weighted by atomic mass is 10.3. The molecule has 0 bridgehead atoms. The van der Waals surface area contributed by atoms with Gasteiger partial charge < -0.3 is 9.32 Å². The molecule has 0 unspecified atom stereocenters. The molecule has 0 saturated heterocycles. The van der Waals surface area contributed by atoms with Crippen LogP contribution >= 0.6 is 0 Å². The van der Waals surface area contributed by atoms with Crippen LogP contribution in [0.3, 0.4) is 0 Å². The normalized spacial score (nSPS) is 9.94. The first kappa shape index (κ1) is 11.9. The van der Waals surface area contributed by atoms with Gasteiger partial charge in [0, 0.05) is 18.9 Å². The highest BCUT2D eigenvalue weighted by Crippen LogP contribution is 2.08. The lowest BCUT2D eigenvalue weighted by molar-refractivity contribution is 0.193. The van der Waals surface area contributed by atoms with Crippen molar-refractivity contribution in [1.82, 2.24) is 14.5 Å². The highest BCUT2D eigenvalue weighted by Gasteiger charge is 2.16. The second kappa shape index (κ2) is 5.68. The molecule has 0 saturated carbocycles. The minimum absolute atomic E-state index is 0.223. The Hall–Kier alpha value is -2.55. The Morgan fingerprint density at radius 1 is 1.61 bits per heavy atom. The van der Waals surface area contributed by atoms with E-state index in [1.165, 1.54) is 17.1 Å². The zero-order valence-corrected chi connectivity index (χ0v) is 9.69. The number of nitriles is 1. The van der Waals surface area contributed by atoms with Crippen molar-refractivity contribution in [3.8, 4) is 6.07 Å². The first-order valence-electron chi connectivity index (χ1n) is 5.48. The molecule has 0 spiro atoms. The summed E-state index contributed by atoms with van der Waals surface area (Å²) in [6.07, 6.45) is 6.38. The quantitative estimate of drug-likeness (QED) is 0.822. The molecule has 92 valence electrons. The molecule has 0 aliphatic heterocycles. The van der Waals surface area contributed by atoms with Crippen molar-refractivity contribution >= 4 is 6.03 Å². The van der Waals surface area contributed by atoms with Crippen molar-refractivity contribution in [1.29, 1.82) is 5.26 Å². The number of aromatic nitrogens is 2. The summed E-state index contributed by atoms with van der Waals surface area (Å²) in [7, 11) is 0. The maximum Gasteiger partial charge on any atom is 0.329 e. The van der Waals surface area contributed by atoms with Gasteiger partial charge in [-0.3, -0.25) is 4.57 Å². The van der Waals surface area contributed by atoms with E-state index in [-0.39, 0.29) is 12.5 Å². The number of furan rings is 1. The van der Waals surface area contributed by atoms with Gasteiger partial charge in [0.05, 0.1) is 25.3 Å². The molecule has 6 nitrogen and oxygen atoms in total. The smallest absolute Gasteiger partial charge is 0.329 e. The lowest BCUT2D eigenvalue weighted by Gasteiger charge is -2.20. The summed E-state index contributed by atoms with van der Waals surface area (Å²) in [6, 6.07) is 5.36. The van der Waals surface area contributed by atoms with Gasteiger partial charge in [0.2, 0.25) is 0 Å². The molecule has 0 aliphatic carbocycles. The van der Waals surface area contributed by atoms with Gasteiger partial charge in [-0.05, 0) is 12.1 Å². The number of nitrogens with zero attached hydrogens (tertiary/aromatic N) is 4. The average molecular weight is 244 g/mol. The highest BCUT2D eigenvalue weighted by molar-refractivity contribution is 5.76. The van der Waals surface area contributed by atoms with E-state index >= 15 is 0 Å². The Labute approximate surface area is 104 Å². The van der Waals surface area contributed by atoms with E-state index in [4.69, 9.17) is 9.68 Å². The van der Waals surface area contributed by atoms with Gasteiger partial charge in [0.1, 0.15) is 12.1 Å². The Balaban J connectivity index is 2.09. The Morgan fingerprint density at radius 2 is 2.50 bits per heavy atom. The van der Waals surface area contributed by atoms with E-state index in [1.807, 2.05) is 6.07 Å². The highest BCUT2D eigenvalue weighted by atomic mass is 16.3. The fourth-order valence-corrected chi connectivity index (χ4v) is 1.55. The van der Waals surface area contributed by atoms with E-state index in [0.29, 0.717) is 18.8 Å². The summed E-state index contributed by atoms with van der Waals surface area (Å²) in [5.74, 6) is 0.682. The third-order valence-electron chi connectivity index (χ3n) is 2.42. The molecule has 2 heterocycles. The standard InChI is InChI=1S/C12H12N4O2/c13-4-2-6-15(9-11-3-1-8-18-11)12(17)16-7-5-14-10-16/h1,3,5,7-8,10H,2,6,9H2. The molecule has 0 fully saturated rings. The van der Waals surface area contributed by atoms with Gasteiger partial charge >= 0.3 is 6.03 Å². The number of amides is 1. The van der Waals surface area contributed by atoms with Crippen LogP contribution in [0.25, 0.3) is 0 Å². The predicted octanol–water partition coefficient (Wildman–Crippen LogP) is 1.86. The second-order valence-electron chi connectivity index (χ2n) is 3.66. The third-order valence-corrected chi connectivity index (χ3v) is 2.42. The number of rotatable bonds is 4. The lowest BCUT2D eigenvalue weighted by Crippen LogP contribution is -2.34. The first-order chi connectivity index (χ1) is 8.81. The first-order valence-corrected chi connectivity index (χ1v) is 5.48. The number of imidazole rings is 1. The molecular weight excluding hydrogens is 232 g/mol. The summed E-state index contributed by atoms with van der Waals surface area (Å²) in [6.45, 7) is 0.694. The molecule has 6 heteroatoms. The maximum atomic E-state index is 12.1. The summed E-state index contributed by atoms with van der Waals surface area (Å²) in [5, 5.41) is 8.62. The fourth-order valence-electron chi connectivity index (χ4n) is 1.55. The van der Waals surface area contributed by atoms with Crippen LogP contribution in [0.2, 0.25) is 0 Å². The molecule has 2 aromatic rings. The van der Waals surface area contributed by atoms with E-state index in [0.717, 1.165) is 0 Å². The van der Waals surface area contributed by atoms with E-state index in [1.54, 1.807) is 29.5 Å². The van der Waals surface area contributed by atoms with Crippen LogP contribution in [0.15, 0.2) is 41.5 Å². The van der Waals surface area contributed by atoms with Crippen LogP contribution in [0.5, 0.6) is 0 Å². The summed E-state index contributed by atoms with van der Waals surface area (Å²) in [5.41, 5.74) is 0. The zero-order chi connectivity index (χ0) is 12.8. The number of carbonyl (C=O) groups is 1. The van der Waals surface area contributed by atoms with Gasteiger partial charge in [-0.15, -0.1) is 0 Å². The molecular formula is C12H12N4O2. The van der Waals surface area contributed by atoms with Gasteiger partial charge in [-0.25, -0.2) is 9.78 Å². The van der Waals surface area contributed by atoms with Crippen LogP contribution in [-0.4, -0.2) is 27.0 Å². The van der Waals surface area contributed by atoms with Crippen molar-refractivity contribution in [3.63, 3.8) is 0 Å². The van der Waals surface area contributed by atoms with Crippen LogP contribution in [0.1, 0.15) is 12.2 Å². The van der Waals surface area contributed by atoms with Crippen molar-refractivity contribution in [2.45, 2.75) is 13.0 Å². The average Bonchev–Trinajstić information content (AvgIpc) is 3.06. The molecule has 2 rings (SSSR count). The van der Waals surface area contributed by atoms with E-state index in [2.05, 4.69) is 4.98 Å². The van der Waals surface area contributed by atoms with Crippen molar-refractivity contribution < 1.29 is 9.21 Å². The topological polar surface area (TPSA) is 75.1 Å². The molecule has 0 aromatic carbocycles. The summed E-state index contributed by atoms with van der Waals surface area (Å²) in [4.78, 5) is 17.5. The van der Waals surface area contributed by atoms with Gasteiger partial charge in [-0.2, -0.15) is 5.26 Å². The number of carbonyl (C=O) groups excluding carboxylic acids is 1. The predicted molar refractivity (Wildman–Crippen MR) is 62.4 cm³/mol. The Kier molecular flexibility index (Phi) is 3.76.